The van der Waals surface area contributed by atoms with Crippen LogP contribution in [0.5, 0.6) is 0 Å². The van der Waals surface area contributed by atoms with Crippen LogP contribution in [0.4, 0.5) is 5.69 Å². The van der Waals surface area contributed by atoms with Crippen molar-refractivity contribution >= 4 is 60.2 Å². The number of aromatic amines is 1. The quantitative estimate of drug-likeness (QED) is 0.211. The molecule has 3 aromatic heterocycles. The molecule has 9 aromatic rings. The number of anilines is 1. The SMILES string of the molecule is Nc1ccc2c3ccccc3n(-c3ccccc3)c2c1.c1ccc(-n2c3ccccc3c3ccc4[nH]ccc4c32)cc1. The van der Waals surface area contributed by atoms with Crippen LogP contribution in [0.2, 0.25) is 0 Å². The van der Waals surface area contributed by atoms with Crippen molar-refractivity contribution in [3.63, 3.8) is 0 Å². The number of hydrogen-bond acceptors (Lipinski definition) is 1. The van der Waals surface area contributed by atoms with Gasteiger partial charge in [0.05, 0.1) is 22.1 Å². The van der Waals surface area contributed by atoms with E-state index in [4.69, 9.17) is 5.73 Å². The fraction of sp³-hybridized carbons (Fsp3) is 0. The Morgan fingerprint density at radius 2 is 0.976 bits per heavy atom. The Bertz CT molecular complexity index is 2360. The summed E-state index contributed by atoms with van der Waals surface area (Å²) in [4.78, 5) is 3.32. The van der Waals surface area contributed by atoms with Gasteiger partial charge in [0, 0.05) is 55.7 Å². The summed E-state index contributed by atoms with van der Waals surface area (Å²) in [5.74, 6) is 0. The highest BCUT2D eigenvalue weighted by Crippen LogP contribution is 2.36. The summed E-state index contributed by atoms with van der Waals surface area (Å²) >= 11 is 0. The van der Waals surface area contributed by atoms with Crippen LogP contribution < -0.4 is 5.73 Å². The van der Waals surface area contributed by atoms with Crippen LogP contribution in [0.1, 0.15) is 0 Å². The second kappa shape index (κ2) is 9.72. The van der Waals surface area contributed by atoms with Gasteiger partial charge >= 0.3 is 0 Å². The summed E-state index contributed by atoms with van der Waals surface area (Å²) in [6.45, 7) is 0. The molecule has 4 nitrogen and oxygen atoms in total. The van der Waals surface area contributed by atoms with Crippen molar-refractivity contribution in [3.05, 3.63) is 152 Å². The average Bonchev–Trinajstić information content (AvgIpc) is 3.74. The van der Waals surface area contributed by atoms with Gasteiger partial charge in [-0.2, -0.15) is 0 Å². The molecule has 0 spiro atoms. The predicted octanol–water partition coefficient (Wildman–Crippen LogP) is 9.63. The van der Waals surface area contributed by atoms with Crippen molar-refractivity contribution < 1.29 is 0 Å². The molecular formula is C38H28N4. The zero-order chi connectivity index (χ0) is 28.0. The van der Waals surface area contributed by atoms with Gasteiger partial charge in [0.25, 0.3) is 0 Å². The fourth-order valence-corrected chi connectivity index (χ4v) is 6.28. The smallest absolute Gasteiger partial charge is 0.0634 e. The van der Waals surface area contributed by atoms with Crippen LogP contribution in [0, 0.1) is 0 Å². The second-order valence-electron chi connectivity index (χ2n) is 10.6. The Hall–Kier alpha value is -5.74. The largest absolute Gasteiger partial charge is 0.399 e. The lowest BCUT2D eigenvalue weighted by Crippen LogP contribution is -1.93. The highest BCUT2D eigenvalue weighted by Gasteiger charge is 2.15. The number of nitrogens with one attached hydrogen (secondary N) is 1. The van der Waals surface area contributed by atoms with Crippen LogP contribution in [0.25, 0.3) is 65.9 Å². The maximum Gasteiger partial charge on any atom is 0.0634 e. The lowest BCUT2D eigenvalue weighted by Gasteiger charge is -2.08. The third-order valence-electron chi connectivity index (χ3n) is 8.09. The summed E-state index contributed by atoms with van der Waals surface area (Å²) < 4.78 is 4.63. The molecule has 0 aliphatic rings. The van der Waals surface area contributed by atoms with E-state index in [9.17, 15) is 0 Å². The van der Waals surface area contributed by atoms with E-state index in [1.807, 2.05) is 24.4 Å². The number of para-hydroxylation sites is 4. The molecule has 0 radical (unpaired) electrons. The third kappa shape index (κ3) is 3.77. The number of H-pyrrole nitrogens is 1. The molecule has 9 rings (SSSR count). The number of nitrogens with two attached hydrogens (primary N) is 1. The lowest BCUT2D eigenvalue weighted by molar-refractivity contribution is 1.18. The topological polar surface area (TPSA) is 51.7 Å². The normalized spacial score (nSPS) is 11.4. The second-order valence-corrected chi connectivity index (χ2v) is 10.6. The number of aromatic nitrogens is 3. The monoisotopic (exact) mass is 540 g/mol. The minimum Gasteiger partial charge on any atom is -0.399 e. The van der Waals surface area contributed by atoms with Crippen LogP contribution in [0.3, 0.4) is 0 Å². The van der Waals surface area contributed by atoms with Gasteiger partial charge in [0.1, 0.15) is 0 Å². The number of nitrogen functional groups attached to an aromatic ring is 1. The van der Waals surface area contributed by atoms with Gasteiger partial charge in [-0.25, -0.2) is 0 Å². The number of hydrogen-bond donors (Lipinski definition) is 2. The minimum absolute atomic E-state index is 0.789. The standard InChI is InChI=1S/C20H14N2.C18H14N2/c1-2-6-14(7-3-1)22-19-9-5-4-8-15(19)16-10-11-18-17(20(16)22)12-13-21-18;19-13-10-11-16-15-8-4-5-9-17(15)20(18(16)12-13)14-6-2-1-3-7-14/h1-13,21H;1-12H,19H2. The Morgan fingerprint density at radius 3 is 1.69 bits per heavy atom. The predicted molar refractivity (Wildman–Crippen MR) is 178 cm³/mol. The first-order chi connectivity index (χ1) is 20.8. The molecule has 0 bridgehead atoms. The third-order valence-corrected chi connectivity index (χ3v) is 8.09. The number of nitrogens with zero attached hydrogens (tertiary/aromatic N) is 2. The summed E-state index contributed by atoms with van der Waals surface area (Å²) in [5, 5.41) is 6.35. The van der Waals surface area contributed by atoms with E-state index in [-0.39, 0.29) is 0 Å². The van der Waals surface area contributed by atoms with Crippen LogP contribution in [-0.2, 0) is 0 Å². The van der Waals surface area contributed by atoms with E-state index in [2.05, 4.69) is 142 Å². The summed E-state index contributed by atoms with van der Waals surface area (Å²) in [6, 6.07) is 50.7. The molecule has 0 amide bonds. The highest BCUT2D eigenvalue weighted by atomic mass is 15.0. The Labute approximate surface area is 242 Å². The maximum absolute atomic E-state index is 5.98. The molecule has 42 heavy (non-hydrogen) atoms. The van der Waals surface area contributed by atoms with Crippen molar-refractivity contribution in [1.82, 2.24) is 14.1 Å². The minimum atomic E-state index is 0.789. The van der Waals surface area contributed by atoms with Gasteiger partial charge in [-0.1, -0.05) is 84.9 Å². The van der Waals surface area contributed by atoms with Crippen molar-refractivity contribution in [2.75, 3.05) is 5.73 Å². The van der Waals surface area contributed by atoms with E-state index in [0.29, 0.717) is 0 Å². The fourth-order valence-electron chi connectivity index (χ4n) is 6.28. The zero-order valence-corrected chi connectivity index (χ0v) is 22.9. The van der Waals surface area contributed by atoms with E-state index in [0.717, 1.165) is 16.9 Å². The van der Waals surface area contributed by atoms with Crippen molar-refractivity contribution in [3.8, 4) is 11.4 Å². The van der Waals surface area contributed by atoms with Gasteiger partial charge in [-0.05, 0) is 60.7 Å². The van der Waals surface area contributed by atoms with Gasteiger partial charge in [0.2, 0.25) is 0 Å². The number of benzene rings is 6. The molecule has 0 aliphatic heterocycles. The zero-order valence-electron chi connectivity index (χ0n) is 22.9. The highest BCUT2D eigenvalue weighted by molar-refractivity contribution is 6.18. The Morgan fingerprint density at radius 1 is 0.429 bits per heavy atom. The molecule has 4 heteroatoms. The first-order valence-corrected chi connectivity index (χ1v) is 14.2. The molecule has 6 aromatic carbocycles. The average molecular weight is 541 g/mol. The molecular weight excluding hydrogens is 512 g/mol. The maximum atomic E-state index is 5.98. The Kier molecular flexibility index (Phi) is 5.57. The van der Waals surface area contributed by atoms with Crippen LogP contribution >= 0.6 is 0 Å². The molecule has 0 saturated heterocycles. The van der Waals surface area contributed by atoms with Crippen molar-refractivity contribution in [2.45, 2.75) is 0 Å². The van der Waals surface area contributed by atoms with E-state index in [1.165, 1.54) is 54.7 Å². The molecule has 0 aliphatic carbocycles. The first-order valence-electron chi connectivity index (χ1n) is 14.2. The van der Waals surface area contributed by atoms with Crippen molar-refractivity contribution in [2.24, 2.45) is 0 Å². The molecule has 0 saturated carbocycles. The molecule has 3 N–H and O–H groups in total. The van der Waals surface area contributed by atoms with Gasteiger partial charge < -0.3 is 19.9 Å². The molecule has 3 heterocycles. The lowest BCUT2D eigenvalue weighted by atomic mass is 10.1. The van der Waals surface area contributed by atoms with E-state index >= 15 is 0 Å². The molecule has 0 fully saturated rings. The summed E-state index contributed by atoms with van der Waals surface area (Å²) in [6.07, 6.45) is 2.01. The van der Waals surface area contributed by atoms with Gasteiger partial charge in [0.15, 0.2) is 0 Å². The molecule has 0 atom stereocenters. The van der Waals surface area contributed by atoms with Crippen LogP contribution in [0.15, 0.2) is 152 Å². The van der Waals surface area contributed by atoms with E-state index < -0.39 is 0 Å². The molecule has 0 unspecified atom stereocenters. The van der Waals surface area contributed by atoms with Crippen LogP contribution in [-0.4, -0.2) is 14.1 Å². The Balaban J connectivity index is 0.000000128. The summed E-state index contributed by atoms with van der Waals surface area (Å²) in [5.41, 5.74) is 15.2. The number of fused-ring (bicyclic) bond motifs is 8. The van der Waals surface area contributed by atoms with Gasteiger partial charge in [-0.15, -0.1) is 0 Å². The molecule has 200 valence electrons. The van der Waals surface area contributed by atoms with Gasteiger partial charge in [-0.3, -0.25) is 0 Å². The summed E-state index contributed by atoms with van der Waals surface area (Å²) in [7, 11) is 0. The number of rotatable bonds is 2. The van der Waals surface area contributed by atoms with E-state index in [1.54, 1.807) is 0 Å². The van der Waals surface area contributed by atoms with Crippen molar-refractivity contribution in [1.29, 1.82) is 0 Å². The first kappa shape index (κ1) is 24.1.